The lowest BCUT2D eigenvalue weighted by molar-refractivity contribution is -0.121. The summed E-state index contributed by atoms with van der Waals surface area (Å²) in [5, 5.41) is 5.64. The predicted octanol–water partition coefficient (Wildman–Crippen LogP) is 6.16. The minimum Gasteiger partial charge on any atom is -0.354 e. The minimum atomic E-state index is -0.168. The average molecular weight is 464 g/mol. The monoisotopic (exact) mass is 463 g/mol. The van der Waals surface area contributed by atoms with Crippen molar-refractivity contribution in [1.29, 1.82) is 0 Å². The quantitative estimate of drug-likeness (QED) is 0.215. The molecule has 2 amide bonds. The molecule has 184 valence electrons. The molecule has 34 heavy (non-hydrogen) atoms. The molecule has 0 aliphatic carbocycles. The molecule has 1 rings (SSSR count). The van der Waals surface area contributed by atoms with Crippen molar-refractivity contribution in [2.75, 3.05) is 13.1 Å². The molecule has 0 spiro atoms. The lowest BCUT2D eigenvalue weighted by atomic mass is 10.1. The number of carbonyl (C=O) groups is 2. The number of allylic oxidation sites excluding steroid dienone is 10. The van der Waals surface area contributed by atoms with E-state index in [1.807, 2.05) is 6.92 Å². The van der Waals surface area contributed by atoms with Crippen LogP contribution in [0.5, 0.6) is 0 Å². The van der Waals surface area contributed by atoms with Crippen LogP contribution in [0.2, 0.25) is 0 Å². The lowest BCUT2D eigenvalue weighted by Gasteiger charge is -2.08. The number of unbranched alkanes of at least 4 members (excludes halogenated alkanes) is 1. The summed E-state index contributed by atoms with van der Waals surface area (Å²) in [6.07, 6.45) is 32.2. The van der Waals surface area contributed by atoms with Crippen LogP contribution in [-0.2, 0) is 4.79 Å². The topological polar surface area (TPSA) is 71.1 Å². The molecule has 1 aromatic heterocycles. The average Bonchev–Trinajstić information content (AvgIpc) is 2.84. The number of pyridine rings is 1. The second-order valence-electron chi connectivity index (χ2n) is 7.90. The van der Waals surface area contributed by atoms with Gasteiger partial charge in [0.05, 0.1) is 5.56 Å². The van der Waals surface area contributed by atoms with Gasteiger partial charge in [-0.1, -0.05) is 67.7 Å². The molecule has 1 heterocycles. The Labute approximate surface area is 205 Å². The first-order valence-electron chi connectivity index (χ1n) is 12.4. The maximum Gasteiger partial charge on any atom is 0.253 e. The molecule has 0 atom stereocenters. The molecule has 0 unspecified atom stereocenters. The fourth-order valence-electron chi connectivity index (χ4n) is 3.01. The highest BCUT2D eigenvalue weighted by atomic mass is 16.2. The zero-order valence-corrected chi connectivity index (χ0v) is 20.8. The molecule has 0 aliphatic rings. The number of hydrogen-bond donors (Lipinski definition) is 2. The van der Waals surface area contributed by atoms with Gasteiger partial charge in [0, 0.05) is 31.9 Å². The standard InChI is InChI=1S/C29H41N3O2/c1-3-4-5-6-7-8-9-10-11-12-13-14-15-16-17-18-19-20-28(33)31-23-24-32-29(34)27-25-30-22-21-26(27)2/h4-5,7-8,10-11,13-14,16-17,21-22,25H,3,6,9,12,15,18-20,23-24H2,1-2H3,(H,31,33)(H,32,34). The third-order valence-corrected chi connectivity index (χ3v) is 4.95. The van der Waals surface area contributed by atoms with Crippen molar-refractivity contribution in [3.05, 3.63) is 90.3 Å². The SMILES string of the molecule is CCC=CCC=CCC=CCC=CCC=CCCCC(=O)NCCNC(=O)c1cnccc1C. The zero-order chi connectivity index (χ0) is 24.7. The molecule has 0 saturated heterocycles. The van der Waals surface area contributed by atoms with Gasteiger partial charge >= 0.3 is 0 Å². The number of carbonyl (C=O) groups excluding carboxylic acids is 2. The van der Waals surface area contributed by atoms with Crippen LogP contribution in [0.15, 0.2) is 79.2 Å². The number of amides is 2. The van der Waals surface area contributed by atoms with E-state index in [1.54, 1.807) is 18.5 Å². The number of aromatic nitrogens is 1. The van der Waals surface area contributed by atoms with Crippen molar-refractivity contribution in [3.8, 4) is 0 Å². The Kier molecular flexibility index (Phi) is 17.3. The van der Waals surface area contributed by atoms with Gasteiger partial charge in [0.25, 0.3) is 5.91 Å². The van der Waals surface area contributed by atoms with E-state index in [2.05, 4.69) is 83.3 Å². The molecule has 0 aromatic carbocycles. The fourth-order valence-corrected chi connectivity index (χ4v) is 3.01. The summed E-state index contributed by atoms with van der Waals surface area (Å²) >= 11 is 0. The number of hydrogen-bond acceptors (Lipinski definition) is 3. The molecule has 1 aromatic rings. The molecule has 0 bridgehead atoms. The van der Waals surface area contributed by atoms with Gasteiger partial charge in [-0.2, -0.15) is 0 Å². The largest absolute Gasteiger partial charge is 0.354 e. The van der Waals surface area contributed by atoms with E-state index in [-0.39, 0.29) is 11.8 Å². The Morgan fingerprint density at radius 2 is 1.38 bits per heavy atom. The number of rotatable bonds is 17. The fraction of sp³-hybridized carbons (Fsp3) is 0.414. The van der Waals surface area contributed by atoms with Crippen molar-refractivity contribution >= 4 is 11.8 Å². The summed E-state index contributed by atoms with van der Waals surface area (Å²) in [7, 11) is 0. The van der Waals surface area contributed by atoms with Crippen molar-refractivity contribution in [1.82, 2.24) is 15.6 Å². The van der Waals surface area contributed by atoms with Crippen molar-refractivity contribution in [3.63, 3.8) is 0 Å². The van der Waals surface area contributed by atoms with E-state index in [1.165, 1.54) is 0 Å². The highest BCUT2D eigenvalue weighted by molar-refractivity contribution is 5.95. The van der Waals surface area contributed by atoms with E-state index >= 15 is 0 Å². The first-order chi connectivity index (χ1) is 16.6. The molecule has 0 saturated carbocycles. The molecular formula is C29H41N3O2. The van der Waals surface area contributed by atoms with Crippen LogP contribution in [0.3, 0.4) is 0 Å². The number of aryl methyl sites for hydroxylation is 1. The highest BCUT2D eigenvalue weighted by Crippen LogP contribution is 2.04. The summed E-state index contributed by atoms with van der Waals surface area (Å²) in [6, 6.07) is 1.80. The Morgan fingerprint density at radius 1 is 0.824 bits per heavy atom. The van der Waals surface area contributed by atoms with Crippen LogP contribution >= 0.6 is 0 Å². The summed E-state index contributed by atoms with van der Waals surface area (Å²) in [4.78, 5) is 27.9. The van der Waals surface area contributed by atoms with E-state index in [9.17, 15) is 9.59 Å². The van der Waals surface area contributed by atoms with Gasteiger partial charge in [0.2, 0.25) is 5.91 Å². The van der Waals surface area contributed by atoms with E-state index in [4.69, 9.17) is 0 Å². The van der Waals surface area contributed by atoms with Gasteiger partial charge in [0.15, 0.2) is 0 Å². The van der Waals surface area contributed by atoms with Gasteiger partial charge in [-0.05, 0) is 63.5 Å². The van der Waals surface area contributed by atoms with Crippen LogP contribution < -0.4 is 10.6 Å². The first kappa shape index (κ1) is 28.8. The van der Waals surface area contributed by atoms with Gasteiger partial charge in [-0.25, -0.2) is 0 Å². The van der Waals surface area contributed by atoms with E-state index in [0.29, 0.717) is 25.1 Å². The highest BCUT2D eigenvalue weighted by Gasteiger charge is 2.08. The van der Waals surface area contributed by atoms with E-state index < -0.39 is 0 Å². The van der Waals surface area contributed by atoms with Crippen LogP contribution in [0.25, 0.3) is 0 Å². The van der Waals surface area contributed by atoms with Crippen molar-refractivity contribution in [2.24, 2.45) is 0 Å². The maximum atomic E-state index is 12.1. The molecular weight excluding hydrogens is 422 g/mol. The molecule has 2 N–H and O–H groups in total. The van der Waals surface area contributed by atoms with Gasteiger partial charge in [-0.3, -0.25) is 14.6 Å². The van der Waals surface area contributed by atoms with Gasteiger partial charge < -0.3 is 10.6 Å². The summed E-state index contributed by atoms with van der Waals surface area (Å²) < 4.78 is 0. The Morgan fingerprint density at radius 3 is 1.97 bits per heavy atom. The number of nitrogens with zero attached hydrogens (tertiary/aromatic N) is 1. The lowest BCUT2D eigenvalue weighted by Crippen LogP contribution is -2.34. The second-order valence-corrected chi connectivity index (χ2v) is 7.90. The maximum absolute atomic E-state index is 12.1. The second kappa shape index (κ2) is 20.4. The summed E-state index contributed by atoms with van der Waals surface area (Å²) in [5.74, 6) is -0.155. The smallest absolute Gasteiger partial charge is 0.253 e. The van der Waals surface area contributed by atoms with Crippen LogP contribution in [0.4, 0.5) is 0 Å². The third-order valence-electron chi connectivity index (χ3n) is 4.95. The molecule has 0 fully saturated rings. The minimum absolute atomic E-state index is 0.0131. The van der Waals surface area contributed by atoms with Crippen LogP contribution in [0, 0.1) is 6.92 Å². The Hall–Kier alpha value is -3.21. The van der Waals surface area contributed by atoms with Crippen molar-refractivity contribution < 1.29 is 9.59 Å². The Bertz CT molecular complexity index is 851. The first-order valence-corrected chi connectivity index (χ1v) is 12.4. The zero-order valence-electron chi connectivity index (χ0n) is 20.8. The third kappa shape index (κ3) is 15.6. The molecule has 0 aliphatic heterocycles. The molecule has 5 heteroatoms. The Balaban J connectivity index is 1.98. The summed E-state index contributed by atoms with van der Waals surface area (Å²) in [6.45, 7) is 4.84. The molecule has 5 nitrogen and oxygen atoms in total. The predicted molar refractivity (Wildman–Crippen MR) is 143 cm³/mol. The number of nitrogens with one attached hydrogen (secondary N) is 2. The van der Waals surface area contributed by atoms with E-state index in [0.717, 1.165) is 50.5 Å². The van der Waals surface area contributed by atoms with Crippen molar-refractivity contribution in [2.45, 2.75) is 65.2 Å². The normalized spacial score (nSPS) is 12.1. The summed E-state index contributed by atoms with van der Waals surface area (Å²) in [5.41, 5.74) is 1.44. The van der Waals surface area contributed by atoms with Crippen LogP contribution in [-0.4, -0.2) is 29.9 Å². The van der Waals surface area contributed by atoms with Gasteiger partial charge in [-0.15, -0.1) is 0 Å². The molecule has 0 radical (unpaired) electrons. The van der Waals surface area contributed by atoms with Crippen LogP contribution in [0.1, 0.15) is 74.2 Å². The van der Waals surface area contributed by atoms with Gasteiger partial charge in [0.1, 0.15) is 0 Å².